The molecule has 0 aromatic heterocycles. The van der Waals surface area contributed by atoms with Crippen molar-refractivity contribution in [2.24, 2.45) is 4.99 Å². The molecule has 1 atom stereocenters. The van der Waals surface area contributed by atoms with Gasteiger partial charge in [0.25, 0.3) is 5.91 Å². The van der Waals surface area contributed by atoms with Crippen LogP contribution in [-0.4, -0.2) is 24.8 Å². The first-order valence-electron chi connectivity index (χ1n) is 8.08. The Labute approximate surface area is 140 Å². The molecule has 2 aliphatic heterocycles. The Bertz CT molecular complexity index is 787. The minimum Gasteiger partial charge on any atom is -0.343 e. The van der Waals surface area contributed by atoms with Crippen molar-refractivity contribution in [1.82, 2.24) is 16.2 Å². The Balaban J connectivity index is 1.40. The van der Waals surface area contributed by atoms with Gasteiger partial charge in [-0.1, -0.05) is 36.4 Å². The summed E-state index contributed by atoms with van der Waals surface area (Å²) in [4.78, 5) is 16.5. The SMILES string of the molecule is O=C1NNC2N=C(CNCCc3ccccc3)Nc3cccc1c32. The summed E-state index contributed by atoms with van der Waals surface area (Å²) >= 11 is 0. The highest BCUT2D eigenvalue weighted by atomic mass is 16.2. The Morgan fingerprint density at radius 1 is 1.08 bits per heavy atom. The van der Waals surface area contributed by atoms with E-state index in [4.69, 9.17) is 0 Å². The quantitative estimate of drug-likeness (QED) is 0.631. The van der Waals surface area contributed by atoms with E-state index in [1.54, 1.807) is 0 Å². The lowest BCUT2D eigenvalue weighted by Crippen LogP contribution is -2.47. The molecule has 4 N–H and O–H groups in total. The van der Waals surface area contributed by atoms with Crippen molar-refractivity contribution in [3.63, 3.8) is 0 Å². The molecule has 122 valence electrons. The molecule has 6 heteroatoms. The summed E-state index contributed by atoms with van der Waals surface area (Å²) in [5.74, 6) is 0.742. The Morgan fingerprint density at radius 2 is 1.96 bits per heavy atom. The van der Waals surface area contributed by atoms with Crippen LogP contribution in [0.3, 0.4) is 0 Å². The van der Waals surface area contributed by atoms with Gasteiger partial charge in [-0.05, 0) is 30.7 Å². The van der Waals surface area contributed by atoms with Gasteiger partial charge in [0, 0.05) is 16.8 Å². The molecular formula is C18H19N5O. The van der Waals surface area contributed by atoms with Gasteiger partial charge in [0.1, 0.15) is 12.0 Å². The van der Waals surface area contributed by atoms with Gasteiger partial charge in [0.05, 0.1) is 6.54 Å². The maximum Gasteiger partial charge on any atom is 0.265 e. The highest BCUT2D eigenvalue weighted by molar-refractivity contribution is 6.04. The molecule has 1 amide bonds. The van der Waals surface area contributed by atoms with Crippen LogP contribution < -0.4 is 21.5 Å². The fourth-order valence-electron chi connectivity index (χ4n) is 3.05. The van der Waals surface area contributed by atoms with E-state index in [-0.39, 0.29) is 12.1 Å². The molecule has 24 heavy (non-hydrogen) atoms. The predicted octanol–water partition coefficient (Wildman–Crippen LogP) is 1.59. The molecule has 0 saturated carbocycles. The number of hydrogen-bond acceptors (Lipinski definition) is 5. The first kappa shape index (κ1) is 14.9. The number of anilines is 1. The smallest absolute Gasteiger partial charge is 0.265 e. The third-order valence-corrected chi connectivity index (χ3v) is 4.24. The highest BCUT2D eigenvalue weighted by Gasteiger charge is 2.30. The molecule has 6 nitrogen and oxygen atoms in total. The van der Waals surface area contributed by atoms with Crippen molar-refractivity contribution in [3.05, 3.63) is 65.2 Å². The van der Waals surface area contributed by atoms with Crippen LogP contribution in [0.15, 0.2) is 53.5 Å². The van der Waals surface area contributed by atoms with Crippen molar-refractivity contribution in [1.29, 1.82) is 0 Å². The van der Waals surface area contributed by atoms with E-state index in [2.05, 4.69) is 50.7 Å². The van der Waals surface area contributed by atoms with E-state index >= 15 is 0 Å². The molecule has 0 spiro atoms. The number of hydrogen-bond donors (Lipinski definition) is 4. The van der Waals surface area contributed by atoms with Crippen LogP contribution in [0.25, 0.3) is 0 Å². The van der Waals surface area contributed by atoms with Gasteiger partial charge in [-0.25, -0.2) is 10.4 Å². The van der Waals surface area contributed by atoms with E-state index in [1.165, 1.54) is 5.56 Å². The molecular weight excluding hydrogens is 302 g/mol. The van der Waals surface area contributed by atoms with Crippen LogP contribution in [0.5, 0.6) is 0 Å². The number of amides is 1. The van der Waals surface area contributed by atoms with Crippen LogP contribution >= 0.6 is 0 Å². The van der Waals surface area contributed by atoms with Crippen molar-refractivity contribution in [3.8, 4) is 0 Å². The molecule has 2 aromatic carbocycles. The molecule has 2 aromatic rings. The number of carbonyl (C=O) groups is 1. The van der Waals surface area contributed by atoms with Crippen molar-refractivity contribution in [2.75, 3.05) is 18.4 Å². The summed E-state index contributed by atoms with van der Waals surface area (Å²) in [6, 6.07) is 16.1. The second-order valence-corrected chi connectivity index (χ2v) is 5.88. The third-order valence-electron chi connectivity index (χ3n) is 4.24. The zero-order valence-corrected chi connectivity index (χ0v) is 13.2. The number of nitrogens with one attached hydrogen (secondary N) is 4. The third kappa shape index (κ3) is 2.89. The summed E-state index contributed by atoms with van der Waals surface area (Å²) < 4.78 is 0. The molecule has 2 heterocycles. The summed E-state index contributed by atoms with van der Waals surface area (Å²) in [5.41, 5.74) is 9.46. The fourth-order valence-corrected chi connectivity index (χ4v) is 3.05. The maximum absolute atomic E-state index is 11.9. The second kappa shape index (κ2) is 6.43. The zero-order chi connectivity index (χ0) is 16.4. The second-order valence-electron chi connectivity index (χ2n) is 5.88. The molecule has 4 rings (SSSR count). The lowest BCUT2D eigenvalue weighted by Gasteiger charge is -2.31. The van der Waals surface area contributed by atoms with Crippen molar-refractivity contribution < 1.29 is 4.79 Å². The van der Waals surface area contributed by atoms with Crippen LogP contribution in [0.1, 0.15) is 27.7 Å². The lowest BCUT2D eigenvalue weighted by atomic mass is 9.99. The normalized spacial score (nSPS) is 18.2. The molecule has 1 unspecified atom stereocenters. The van der Waals surface area contributed by atoms with Gasteiger partial charge in [-0.3, -0.25) is 10.2 Å². The van der Waals surface area contributed by atoms with Crippen molar-refractivity contribution in [2.45, 2.75) is 12.6 Å². The van der Waals surface area contributed by atoms with Gasteiger partial charge < -0.3 is 10.6 Å². The average Bonchev–Trinajstić information content (AvgIpc) is 2.63. The van der Waals surface area contributed by atoms with Gasteiger partial charge in [0.2, 0.25) is 0 Å². The number of hydrazine groups is 1. The Kier molecular flexibility index (Phi) is 3.98. The minimum absolute atomic E-state index is 0.121. The predicted molar refractivity (Wildman–Crippen MR) is 93.9 cm³/mol. The van der Waals surface area contributed by atoms with E-state index < -0.39 is 0 Å². The minimum atomic E-state index is -0.235. The topological polar surface area (TPSA) is 77.5 Å². The van der Waals surface area contributed by atoms with Crippen molar-refractivity contribution >= 4 is 17.4 Å². The molecule has 0 radical (unpaired) electrons. The molecule has 0 saturated heterocycles. The molecule has 0 bridgehead atoms. The average molecular weight is 321 g/mol. The van der Waals surface area contributed by atoms with Crippen LogP contribution in [0.2, 0.25) is 0 Å². The Hall–Kier alpha value is -2.70. The Morgan fingerprint density at radius 3 is 2.83 bits per heavy atom. The molecule has 0 fully saturated rings. The summed E-state index contributed by atoms with van der Waals surface area (Å²) in [5, 5.41) is 6.73. The maximum atomic E-state index is 11.9. The number of rotatable bonds is 5. The molecule has 0 aliphatic carbocycles. The lowest BCUT2D eigenvalue weighted by molar-refractivity contribution is 0.0909. The summed E-state index contributed by atoms with van der Waals surface area (Å²) in [6.45, 7) is 1.54. The van der Waals surface area contributed by atoms with Crippen LogP contribution in [0, 0.1) is 0 Å². The van der Waals surface area contributed by atoms with E-state index in [1.807, 2.05) is 24.3 Å². The molecule has 2 aliphatic rings. The van der Waals surface area contributed by atoms with E-state index in [9.17, 15) is 4.79 Å². The van der Waals surface area contributed by atoms with E-state index in [0.717, 1.165) is 30.1 Å². The highest BCUT2D eigenvalue weighted by Crippen LogP contribution is 2.32. The summed E-state index contributed by atoms with van der Waals surface area (Å²) in [6.07, 6.45) is 0.744. The first-order chi connectivity index (χ1) is 11.8. The first-order valence-corrected chi connectivity index (χ1v) is 8.08. The van der Waals surface area contributed by atoms with Gasteiger partial charge in [-0.2, -0.15) is 0 Å². The van der Waals surface area contributed by atoms with Crippen LogP contribution in [0.4, 0.5) is 5.69 Å². The fraction of sp³-hybridized carbons (Fsp3) is 0.222. The largest absolute Gasteiger partial charge is 0.343 e. The zero-order valence-electron chi connectivity index (χ0n) is 13.2. The number of aliphatic imine (C=N–C) groups is 1. The number of amidine groups is 1. The number of carbonyl (C=O) groups excluding carboxylic acids is 1. The van der Waals surface area contributed by atoms with Gasteiger partial charge in [-0.15, -0.1) is 0 Å². The number of nitrogens with zero attached hydrogens (tertiary/aromatic N) is 1. The standard InChI is InChI=1S/C18H19N5O/c24-18-13-7-4-8-14-16(13)17(22-23-18)21-15(20-14)11-19-10-9-12-5-2-1-3-6-12/h1-8,17,19,22H,9-11H2,(H,20,21)(H,23,24). The monoisotopic (exact) mass is 321 g/mol. The summed E-state index contributed by atoms with van der Waals surface area (Å²) in [7, 11) is 0. The number of benzene rings is 2. The van der Waals surface area contributed by atoms with Gasteiger partial charge >= 0.3 is 0 Å². The van der Waals surface area contributed by atoms with Gasteiger partial charge in [0.15, 0.2) is 0 Å². The van der Waals surface area contributed by atoms with Crippen LogP contribution in [-0.2, 0) is 6.42 Å². The van der Waals surface area contributed by atoms with E-state index in [0.29, 0.717) is 12.1 Å².